The highest BCUT2D eigenvalue weighted by Gasteiger charge is 2.19. The number of nitrogens with one attached hydrogen (secondary N) is 1. The van der Waals surface area contributed by atoms with Gasteiger partial charge in [-0.3, -0.25) is 9.59 Å². The van der Waals surface area contributed by atoms with Crippen LogP contribution in [0, 0.1) is 5.92 Å². The molecule has 0 fully saturated rings. The maximum Gasteiger partial charge on any atom is 0.237 e. The molecule has 0 bridgehead atoms. The Balaban J connectivity index is 4.22. The van der Waals surface area contributed by atoms with Crippen molar-refractivity contribution in [3.8, 4) is 0 Å². The van der Waals surface area contributed by atoms with Crippen molar-refractivity contribution < 1.29 is 9.59 Å². The van der Waals surface area contributed by atoms with Crippen LogP contribution < -0.4 is 11.1 Å². The summed E-state index contributed by atoms with van der Waals surface area (Å²) in [4.78, 5) is 23.8. The van der Waals surface area contributed by atoms with Gasteiger partial charge in [-0.05, 0) is 14.0 Å². The van der Waals surface area contributed by atoms with Crippen LogP contribution in [-0.4, -0.2) is 43.4 Å². The first kappa shape index (κ1) is 12.9. The Morgan fingerprint density at radius 1 is 1.50 bits per heavy atom. The van der Waals surface area contributed by atoms with E-state index in [0.717, 1.165) is 0 Å². The second kappa shape index (κ2) is 6.37. The second-order valence-corrected chi connectivity index (χ2v) is 3.28. The molecule has 0 heterocycles. The molecule has 0 aromatic carbocycles. The summed E-state index contributed by atoms with van der Waals surface area (Å²) in [5.41, 5.74) is 5.03. The molecule has 0 radical (unpaired) electrons. The van der Waals surface area contributed by atoms with Gasteiger partial charge in [-0.1, -0.05) is 6.92 Å². The summed E-state index contributed by atoms with van der Waals surface area (Å²) >= 11 is 0. The fourth-order valence-electron chi connectivity index (χ4n) is 1.24. The average molecular weight is 201 g/mol. The Morgan fingerprint density at radius 3 is 2.43 bits per heavy atom. The minimum absolute atomic E-state index is 0.00336. The Labute approximate surface area is 84.6 Å². The minimum Gasteiger partial charge on any atom is -0.368 e. The molecular formula is C9H19N3O2. The highest BCUT2D eigenvalue weighted by molar-refractivity contribution is 5.85. The molecule has 2 amide bonds. The van der Waals surface area contributed by atoms with E-state index >= 15 is 0 Å². The van der Waals surface area contributed by atoms with Crippen LogP contribution in [-0.2, 0) is 9.59 Å². The lowest BCUT2D eigenvalue weighted by Gasteiger charge is -2.22. The van der Waals surface area contributed by atoms with Gasteiger partial charge in [-0.15, -0.1) is 0 Å². The van der Waals surface area contributed by atoms with Gasteiger partial charge < -0.3 is 16.0 Å². The fourth-order valence-corrected chi connectivity index (χ4v) is 1.24. The molecule has 0 aliphatic carbocycles. The van der Waals surface area contributed by atoms with Crippen LogP contribution >= 0.6 is 0 Å². The highest BCUT2D eigenvalue weighted by atomic mass is 16.2. The molecule has 0 aliphatic heterocycles. The van der Waals surface area contributed by atoms with Gasteiger partial charge >= 0.3 is 0 Å². The van der Waals surface area contributed by atoms with Crippen molar-refractivity contribution in [2.75, 3.05) is 26.7 Å². The molecule has 0 saturated heterocycles. The van der Waals surface area contributed by atoms with Crippen LogP contribution in [0.25, 0.3) is 0 Å². The van der Waals surface area contributed by atoms with Crippen molar-refractivity contribution in [1.29, 1.82) is 0 Å². The lowest BCUT2D eigenvalue weighted by molar-refractivity contribution is -0.137. The van der Waals surface area contributed by atoms with E-state index in [4.69, 9.17) is 5.73 Å². The summed E-state index contributed by atoms with van der Waals surface area (Å²) in [6, 6.07) is 0. The molecule has 0 aliphatic rings. The number of carbonyl (C=O) groups is 2. The van der Waals surface area contributed by atoms with Crippen LogP contribution in [0.3, 0.4) is 0 Å². The third kappa shape index (κ3) is 4.23. The number of amides is 2. The number of likely N-dealkylation sites (N-methyl/N-ethyl adjacent to an activating group) is 1. The Kier molecular flexibility index (Phi) is 5.87. The number of nitrogens with zero attached hydrogens (tertiary/aromatic N) is 1. The predicted octanol–water partition coefficient (Wildman–Crippen LogP) is -0.824. The van der Waals surface area contributed by atoms with Crippen molar-refractivity contribution in [3.05, 3.63) is 0 Å². The molecule has 1 unspecified atom stereocenters. The Hall–Kier alpha value is -1.10. The zero-order chi connectivity index (χ0) is 11.1. The maximum absolute atomic E-state index is 11.7. The normalized spacial score (nSPS) is 12.2. The van der Waals surface area contributed by atoms with Gasteiger partial charge in [0, 0.05) is 19.0 Å². The summed E-state index contributed by atoms with van der Waals surface area (Å²) in [6.45, 7) is 4.77. The molecule has 0 aromatic heterocycles. The zero-order valence-corrected chi connectivity index (χ0v) is 9.04. The molecule has 0 saturated carbocycles. The first-order valence-electron chi connectivity index (χ1n) is 4.74. The maximum atomic E-state index is 11.7. The zero-order valence-electron chi connectivity index (χ0n) is 9.04. The third-order valence-corrected chi connectivity index (χ3v) is 1.97. The number of hydrogen-bond donors (Lipinski definition) is 2. The van der Waals surface area contributed by atoms with E-state index in [1.165, 1.54) is 4.90 Å². The van der Waals surface area contributed by atoms with Gasteiger partial charge in [-0.2, -0.15) is 0 Å². The van der Waals surface area contributed by atoms with Crippen LogP contribution in [0.5, 0.6) is 0 Å². The Morgan fingerprint density at radius 2 is 2.07 bits per heavy atom. The minimum atomic E-state index is -0.475. The molecular weight excluding hydrogens is 182 g/mol. The van der Waals surface area contributed by atoms with Crippen molar-refractivity contribution >= 4 is 11.8 Å². The van der Waals surface area contributed by atoms with Gasteiger partial charge in [0.05, 0.1) is 6.54 Å². The fraction of sp³-hybridized carbons (Fsp3) is 0.778. The van der Waals surface area contributed by atoms with E-state index in [2.05, 4.69) is 5.32 Å². The van der Waals surface area contributed by atoms with Gasteiger partial charge in [0.2, 0.25) is 11.8 Å². The monoisotopic (exact) mass is 201 g/mol. The quantitative estimate of drug-likeness (QED) is 0.589. The highest BCUT2D eigenvalue weighted by Crippen LogP contribution is 2.00. The second-order valence-electron chi connectivity index (χ2n) is 3.28. The summed E-state index contributed by atoms with van der Waals surface area (Å²) in [7, 11) is 1.79. The van der Waals surface area contributed by atoms with Crippen LogP contribution in [0.15, 0.2) is 0 Å². The van der Waals surface area contributed by atoms with E-state index in [1.807, 2.05) is 13.8 Å². The van der Waals surface area contributed by atoms with Crippen LogP contribution in [0.1, 0.15) is 13.8 Å². The first-order chi connectivity index (χ1) is 6.52. The molecule has 0 aromatic rings. The number of nitrogens with two attached hydrogens (primary N) is 1. The van der Waals surface area contributed by atoms with E-state index in [0.29, 0.717) is 13.1 Å². The SMILES string of the molecule is CCN(CC(N)=O)C(=O)C(C)CNC. The smallest absolute Gasteiger partial charge is 0.237 e. The lowest BCUT2D eigenvalue weighted by atomic mass is 10.1. The topological polar surface area (TPSA) is 75.4 Å². The lowest BCUT2D eigenvalue weighted by Crippen LogP contribution is -2.42. The number of primary amides is 1. The van der Waals surface area contributed by atoms with Crippen LogP contribution in [0.4, 0.5) is 0 Å². The van der Waals surface area contributed by atoms with Gasteiger partial charge in [0.25, 0.3) is 0 Å². The molecule has 3 N–H and O–H groups in total. The largest absolute Gasteiger partial charge is 0.368 e. The van der Waals surface area contributed by atoms with E-state index in [9.17, 15) is 9.59 Å². The van der Waals surface area contributed by atoms with Crippen molar-refractivity contribution in [1.82, 2.24) is 10.2 Å². The first-order valence-corrected chi connectivity index (χ1v) is 4.74. The molecule has 5 nitrogen and oxygen atoms in total. The molecule has 14 heavy (non-hydrogen) atoms. The summed E-state index contributed by atoms with van der Waals surface area (Å²) in [6.07, 6.45) is 0. The third-order valence-electron chi connectivity index (χ3n) is 1.97. The van der Waals surface area contributed by atoms with Crippen molar-refractivity contribution in [3.63, 3.8) is 0 Å². The molecule has 0 spiro atoms. The summed E-state index contributed by atoms with van der Waals surface area (Å²) < 4.78 is 0. The predicted molar refractivity (Wildman–Crippen MR) is 54.5 cm³/mol. The summed E-state index contributed by atoms with van der Waals surface area (Å²) in [5.74, 6) is -0.642. The standard InChI is InChI=1S/C9H19N3O2/c1-4-12(6-8(10)13)9(14)7(2)5-11-3/h7,11H,4-6H2,1-3H3,(H2,10,13). The molecule has 1 atom stereocenters. The van der Waals surface area contributed by atoms with Gasteiger partial charge in [0.1, 0.15) is 0 Å². The van der Waals surface area contributed by atoms with E-state index in [1.54, 1.807) is 7.05 Å². The molecule has 82 valence electrons. The summed E-state index contributed by atoms with van der Waals surface area (Å²) in [5, 5.41) is 2.92. The Bertz CT molecular complexity index is 206. The molecule has 5 heteroatoms. The van der Waals surface area contributed by atoms with Crippen molar-refractivity contribution in [2.45, 2.75) is 13.8 Å². The van der Waals surface area contributed by atoms with Crippen molar-refractivity contribution in [2.24, 2.45) is 11.7 Å². The molecule has 0 rings (SSSR count). The van der Waals surface area contributed by atoms with E-state index in [-0.39, 0.29) is 18.4 Å². The average Bonchev–Trinajstić information content (AvgIpc) is 2.13. The number of hydrogen-bond acceptors (Lipinski definition) is 3. The number of rotatable bonds is 6. The van der Waals surface area contributed by atoms with Crippen LogP contribution in [0.2, 0.25) is 0 Å². The van der Waals surface area contributed by atoms with Gasteiger partial charge in [-0.25, -0.2) is 0 Å². The number of carbonyl (C=O) groups excluding carboxylic acids is 2. The van der Waals surface area contributed by atoms with Gasteiger partial charge in [0.15, 0.2) is 0 Å². The van der Waals surface area contributed by atoms with E-state index < -0.39 is 5.91 Å².